The third-order valence-corrected chi connectivity index (χ3v) is 3.16. The van der Waals surface area contributed by atoms with Crippen molar-refractivity contribution in [3.05, 3.63) is 46.5 Å². The minimum atomic E-state index is -0.226. The lowest BCUT2D eigenvalue weighted by Crippen LogP contribution is -2.16. The Hall–Kier alpha value is -1.22. The van der Waals surface area contributed by atoms with E-state index in [9.17, 15) is 4.39 Å². The van der Waals surface area contributed by atoms with Gasteiger partial charge in [0.1, 0.15) is 5.82 Å². The lowest BCUT2D eigenvalue weighted by Gasteiger charge is -2.08. The molecule has 0 saturated heterocycles. The molecule has 0 aliphatic carbocycles. The predicted octanol–water partition coefficient (Wildman–Crippen LogP) is 2.43. The highest BCUT2D eigenvalue weighted by Gasteiger charge is 2.15. The van der Waals surface area contributed by atoms with Gasteiger partial charge in [-0.2, -0.15) is 0 Å². The smallest absolute Gasteiger partial charge is 0.127 e. The molecule has 0 spiro atoms. The van der Waals surface area contributed by atoms with E-state index in [1.165, 1.54) is 6.07 Å². The van der Waals surface area contributed by atoms with Gasteiger partial charge in [-0.05, 0) is 37.0 Å². The monoisotopic (exact) mass is 240 g/mol. The SMILES string of the molecule is NC1=C[C@H](CCc2c(F)cccc2Cl)CN1. The molecule has 2 rings (SSSR count). The molecular weight excluding hydrogens is 227 g/mol. The zero-order valence-electron chi connectivity index (χ0n) is 8.84. The zero-order chi connectivity index (χ0) is 11.5. The second-order valence-electron chi connectivity index (χ2n) is 4.00. The number of hydrogen-bond donors (Lipinski definition) is 2. The minimum Gasteiger partial charge on any atom is -0.386 e. The van der Waals surface area contributed by atoms with Gasteiger partial charge < -0.3 is 11.1 Å². The van der Waals surface area contributed by atoms with Gasteiger partial charge in [0.25, 0.3) is 0 Å². The summed E-state index contributed by atoms with van der Waals surface area (Å²) in [5.74, 6) is 0.857. The van der Waals surface area contributed by atoms with Crippen LogP contribution in [0.5, 0.6) is 0 Å². The number of nitrogens with two attached hydrogens (primary N) is 1. The Balaban J connectivity index is 2.00. The molecule has 1 aromatic rings. The molecule has 16 heavy (non-hydrogen) atoms. The first-order chi connectivity index (χ1) is 7.66. The summed E-state index contributed by atoms with van der Waals surface area (Å²) in [4.78, 5) is 0. The van der Waals surface area contributed by atoms with Gasteiger partial charge in [0.2, 0.25) is 0 Å². The second kappa shape index (κ2) is 4.74. The van der Waals surface area contributed by atoms with Crippen molar-refractivity contribution in [2.75, 3.05) is 6.54 Å². The highest BCUT2D eigenvalue weighted by molar-refractivity contribution is 6.31. The Bertz CT molecular complexity index is 397. The van der Waals surface area contributed by atoms with Crippen molar-refractivity contribution in [1.82, 2.24) is 5.32 Å². The average molecular weight is 241 g/mol. The van der Waals surface area contributed by atoms with Crippen LogP contribution in [0.3, 0.4) is 0 Å². The van der Waals surface area contributed by atoms with E-state index < -0.39 is 0 Å². The third kappa shape index (κ3) is 2.47. The predicted molar refractivity (Wildman–Crippen MR) is 63.5 cm³/mol. The summed E-state index contributed by atoms with van der Waals surface area (Å²) in [6, 6.07) is 4.78. The van der Waals surface area contributed by atoms with Crippen LogP contribution in [0, 0.1) is 11.7 Å². The highest BCUT2D eigenvalue weighted by Crippen LogP contribution is 2.23. The van der Waals surface area contributed by atoms with Gasteiger partial charge in [0.05, 0.1) is 5.82 Å². The third-order valence-electron chi connectivity index (χ3n) is 2.81. The first-order valence-electron chi connectivity index (χ1n) is 5.31. The van der Waals surface area contributed by atoms with E-state index in [0.717, 1.165) is 13.0 Å². The fourth-order valence-corrected chi connectivity index (χ4v) is 2.16. The number of hydrogen-bond acceptors (Lipinski definition) is 2. The van der Waals surface area contributed by atoms with Crippen LogP contribution in [0.4, 0.5) is 4.39 Å². The molecule has 0 radical (unpaired) electrons. The molecule has 2 nitrogen and oxygen atoms in total. The van der Waals surface area contributed by atoms with Gasteiger partial charge in [0, 0.05) is 17.1 Å². The molecule has 1 atom stereocenters. The average Bonchev–Trinajstić information content (AvgIpc) is 2.63. The topological polar surface area (TPSA) is 38.0 Å². The summed E-state index contributed by atoms with van der Waals surface area (Å²) in [5.41, 5.74) is 6.20. The van der Waals surface area contributed by atoms with E-state index in [1.807, 2.05) is 6.08 Å². The largest absolute Gasteiger partial charge is 0.386 e. The van der Waals surface area contributed by atoms with Crippen molar-refractivity contribution < 1.29 is 4.39 Å². The number of nitrogens with one attached hydrogen (secondary N) is 1. The van der Waals surface area contributed by atoms with Crippen molar-refractivity contribution in [2.24, 2.45) is 11.7 Å². The molecule has 4 heteroatoms. The maximum atomic E-state index is 13.5. The Kier molecular flexibility index (Phi) is 3.34. The summed E-state index contributed by atoms with van der Waals surface area (Å²) in [5, 5.41) is 3.55. The van der Waals surface area contributed by atoms with Crippen LogP contribution >= 0.6 is 11.6 Å². The van der Waals surface area contributed by atoms with Crippen molar-refractivity contribution in [3.63, 3.8) is 0 Å². The van der Waals surface area contributed by atoms with Crippen molar-refractivity contribution in [2.45, 2.75) is 12.8 Å². The Labute approximate surface area is 99.3 Å². The van der Waals surface area contributed by atoms with E-state index in [1.54, 1.807) is 12.1 Å². The van der Waals surface area contributed by atoms with Crippen LogP contribution in [-0.4, -0.2) is 6.54 Å². The van der Waals surface area contributed by atoms with Gasteiger partial charge >= 0.3 is 0 Å². The first-order valence-corrected chi connectivity index (χ1v) is 5.68. The maximum absolute atomic E-state index is 13.5. The number of rotatable bonds is 3. The lowest BCUT2D eigenvalue weighted by molar-refractivity contribution is 0.566. The fourth-order valence-electron chi connectivity index (χ4n) is 1.91. The molecule has 3 N–H and O–H groups in total. The van der Waals surface area contributed by atoms with E-state index >= 15 is 0 Å². The Morgan fingerprint density at radius 3 is 2.94 bits per heavy atom. The maximum Gasteiger partial charge on any atom is 0.127 e. The van der Waals surface area contributed by atoms with Crippen LogP contribution < -0.4 is 11.1 Å². The van der Waals surface area contributed by atoms with Crippen LogP contribution in [0.15, 0.2) is 30.1 Å². The fraction of sp³-hybridized carbons (Fsp3) is 0.333. The standard InChI is InChI=1S/C12H14ClFN2/c13-10-2-1-3-11(14)9(10)5-4-8-6-12(15)16-7-8/h1-3,6,8,16H,4-5,7,15H2/t8-/m0/s1. The molecule has 1 aromatic carbocycles. The van der Waals surface area contributed by atoms with Gasteiger partial charge in [-0.3, -0.25) is 0 Å². The molecule has 1 aliphatic heterocycles. The van der Waals surface area contributed by atoms with Gasteiger partial charge in [-0.1, -0.05) is 17.7 Å². The minimum absolute atomic E-state index is 0.226. The van der Waals surface area contributed by atoms with Gasteiger partial charge in [-0.25, -0.2) is 4.39 Å². The van der Waals surface area contributed by atoms with Gasteiger partial charge in [0.15, 0.2) is 0 Å². The summed E-state index contributed by atoms with van der Waals surface area (Å²) in [7, 11) is 0. The molecule has 0 saturated carbocycles. The van der Waals surface area contributed by atoms with Gasteiger partial charge in [-0.15, -0.1) is 0 Å². The zero-order valence-corrected chi connectivity index (χ0v) is 9.60. The molecule has 1 heterocycles. The Morgan fingerprint density at radius 2 is 2.31 bits per heavy atom. The summed E-state index contributed by atoms with van der Waals surface area (Å²) in [6.07, 6.45) is 3.48. The van der Waals surface area contributed by atoms with E-state index in [0.29, 0.717) is 28.7 Å². The van der Waals surface area contributed by atoms with E-state index in [4.69, 9.17) is 17.3 Å². The van der Waals surface area contributed by atoms with Crippen LogP contribution in [0.25, 0.3) is 0 Å². The second-order valence-corrected chi connectivity index (χ2v) is 4.41. The molecule has 0 aromatic heterocycles. The molecule has 0 bridgehead atoms. The van der Waals surface area contributed by atoms with Crippen LogP contribution in [-0.2, 0) is 6.42 Å². The number of benzene rings is 1. The van der Waals surface area contributed by atoms with E-state index in [-0.39, 0.29) is 5.82 Å². The first kappa shape index (κ1) is 11.3. The highest BCUT2D eigenvalue weighted by atomic mass is 35.5. The molecule has 0 unspecified atom stereocenters. The Morgan fingerprint density at radius 1 is 1.50 bits per heavy atom. The lowest BCUT2D eigenvalue weighted by atomic mass is 10.0. The van der Waals surface area contributed by atoms with Crippen molar-refractivity contribution in [1.29, 1.82) is 0 Å². The molecule has 1 aliphatic rings. The van der Waals surface area contributed by atoms with Crippen molar-refractivity contribution >= 4 is 11.6 Å². The molecule has 0 amide bonds. The summed E-state index contributed by atoms with van der Waals surface area (Å²) >= 11 is 5.95. The number of halogens is 2. The molecule has 0 fully saturated rings. The molecule has 86 valence electrons. The quantitative estimate of drug-likeness (QED) is 0.852. The summed E-state index contributed by atoms with van der Waals surface area (Å²) < 4.78 is 13.5. The van der Waals surface area contributed by atoms with Crippen LogP contribution in [0.1, 0.15) is 12.0 Å². The summed E-state index contributed by atoms with van der Waals surface area (Å²) in [6.45, 7) is 0.831. The van der Waals surface area contributed by atoms with Crippen LogP contribution in [0.2, 0.25) is 5.02 Å². The molecular formula is C12H14ClFN2. The van der Waals surface area contributed by atoms with Crippen molar-refractivity contribution in [3.8, 4) is 0 Å². The normalized spacial score (nSPS) is 19.4. The van der Waals surface area contributed by atoms with E-state index in [2.05, 4.69) is 5.32 Å².